The summed E-state index contributed by atoms with van der Waals surface area (Å²) in [6, 6.07) is 11.7. The van der Waals surface area contributed by atoms with Gasteiger partial charge in [-0.1, -0.05) is 24.3 Å². The van der Waals surface area contributed by atoms with Crippen molar-refractivity contribution in [3.8, 4) is 0 Å². The van der Waals surface area contributed by atoms with Gasteiger partial charge in [0.2, 0.25) is 0 Å². The molecule has 2 rings (SSSR count). The van der Waals surface area contributed by atoms with Crippen LogP contribution >= 0.6 is 0 Å². The number of benzene rings is 1. The Balaban J connectivity index is 2.31. The summed E-state index contributed by atoms with van der Waals surface area (Å²) in [6.45, 7) is 2.07. The lowest BCUT2D eigenvalue weighted by atomic mass is 10.0. The van der Waals surface area contributed by atoms with Crippen LogP contribution in [0.1, 0.15) is 27.3 Å². The van der Waals surface area contributed by atoms with Crippen LogP contribution in [0.3, 0.4) is 0 Å². The van der Waals surface area contributed by atoms with E-state index in [0.717, 1.165) is 12.1 Å². The maximum absolute atomic E-state index is 10.9. The molecule has 0 fully saturated rings. The van der Waals surface area contributed by atoms with E-state index in [0.29, 0.717) is 5.69 Å². The highest BCUT2D eigenvalue weighted by Crippen LogP contribution is 2.15. The van der Waals surface area contributed by atoms with Crippen LogP contribution in [0.25, 0.3) is 0 Å². The van der Waals surface area contributed by atoms with Gasteiger partial charge in [0, 0.05) is 19.2 Å². The van der Waals surface area contributed by atoms with Crippen molar-refractivity contribution >= 4 is 5.97 Å². The number of hydrogen-bond donors (Lipinski definition) is 1. The van der Waals surface area contributed by atoms with Gasteiger partial charge in [-0.3, -0.25) is 0 Å². The molecule has 0 atom stereocenters. The number of aromatic nitrogens is 1. The van der Waals surface area contributed by atoms with E-state index in [4.69, 9.17) is 5.11 Å². The Kier molecular flexibility index (Phi) is 3.00. The molecule has 17 heavy (non-hydrogen) atoms. The van der Waals surface area contributed by atoms with Crippen molar-refractivity contribution in [1.82, 2.24) is 4.57 Å². The smallest absolute Gasteiger partial charge is 0.352 e. The van der Waals surface area contributed by atoms with E-state index in [1.165, 1.54) is 11.1 Å². The van der Waals surface area contributed by atoms with Gasteiger partial charge in [-0.15, -0.1) is 0 Å². The molecule has 1 heterocycles. The second-order valence-corrected chi connectivity index (χ2v) is 4.18. The molecule has 1 aromatic heterocycles. The van der Waals surface area contributed by atoms with Crippen molar-refractivity contribution in [2.75, 3.05) is 0 Å². The van der Waals surface area contributed by atoms with Gasteiger partial charge in [-0.25, -0.2) is 4.79 Å². The zero-order chi connectivity index (χ0) is 12.4. The van der Waals surface area contributed by atoms with Crippen LogP contribution in [0.15, 0.2) is 36.4 Å². The molecule has 0 bridgehead atoms. The van der Waals surface area contributed by atoms with E-state index < -0.39 is 5.97 Å². The number of aromatic carboxylic acids is 1. The zero-order valence-electron chi connectivity index (χ0n) is 9.97. The van der Waals surface area contributed by atoms with Gasteiger partial charge in [-0.2, -0.15) is 0 Å². The van der Waals surface area contributed by atoms with Gasteiger partial charge in [0.05, 0.1) is 0 Å². The Morgan fingerprint density at radius 3 is 2.53 bits per heavy atom. The second-order valence-electron chi connectivity index (χ2n) is 4.18. The van der Waals surface area contributed by atoms with Crippen molar-refractivity contribution in [3.05, 3.63) is 58.9 Å². The molecular weight excluding hydrogens is 214 g/mol. The molecule has 3 nitrogen and oxygen atoms in total. The largest absolute Gasteiger partial charge is 0.477 e. The Labute approximate surface area is 100 Å². The zero-order valence-corrected chi connectivity index (χ0v) is 9.97. The fraction of sp³-hybridized carbons (Fsp3) is 0.214. The number of rotatable bonds is 3. The molecule has 3 heteroatoms. The maximum Gasteiger partial charge on any atom is 0.352 e. The quantitative estimate of drug-likeness (QED) is 0.879. The monoisotopic (exact) mass is 229 g/mol. The molecule has 2 aromatic rings. The summed E-state index contributed by atoms with van der Waals surface area (Å²) in [4.78, 5) is 10.9. The fourth-order valence-corrected chi connectivity index (χ4v) is 1.95. The van der Waals surface area contributed by atoms with Crippen LogP contribution in [0.2, 0.25) is 0 Å². The summed E-state index contributed by atoms with van der Waals surface area (Å²) in [5.74, 6) is -0.886. The van der Waals surface area contributed by atoms with E-state index in [2.05, 4.69) is 19.1 Å². The number of carboxylic acid groups (broad SMARTS) is 1. The highest BCUT2D eigenvalue weighted by molar-refractivity contribution is 5.86. The van der Waals surface area contributed by atoms with Crippen LogP contribution in [0.5, 0.6) is 0 Å². The number of aryl methyl sites for hydroxylation is 1. The minimum absolute atomic E-state index is 0.327. The highest BCUT2D eigenvalue weighted by Gasteiger charge is 2.11. The van der Waals surface area contributed by atoms with E-state index in [-0.39, 0.29) is 0 Å². The Morgan fingerprint density at radius 2 is 1.94 bits per heavy atom. The normalized spacial score (nSPS) is 10.5. The summed E-state index contributed by atoms with van der Waals surface area (Å²) in [5.41, 5.74) is 3.79. The summed E-state index contributed by atoms with van der Waals surface area (Å²) in [6.07, 6.45) is 0.760. The van der Waals surface area contributed by atoms with Crippen LogP contribution < -0.4 is 0 Å². The van der Waals surface area contributed by atoms with Crippen molar-refractivity contribution in [2.24, 2.45) is 7.05 Å². The molecule has 0 spiro atoms. The lowest BCUT2D eigenvalue weighted by molar-refractivity contribution is 0.0686. The molecule has 0 radical (unpaired) electrons. The number of carbonyl (C=O) groups is 1. The molecule has 0 saturated heterocycles. The first-order valence-electron chi connectivity index (χ1n) is 5.52. The average Bonchev–Trinajstić information content (AvgIpc) is 2.64. The molecule has 0 aliphatic rings. The first-order valence-corrected chi connectivity index (χ1v) is 5.52. The van der Waals surface area contributed by atoms with Crippen molar-refractivity contribution in [3.63, 3.8) is 0 Å². The topological polar surface area (TPSA) is 42.2 Å². The Bertz CT molecular complexity index is 555. The molecule has 0 amide bonds. The molecule has 0 saturated carbocycles. The maximum atomic E-state index is 10.9. The van der Waals surface area contributed by atoms with E-state index in [1.807, 2.05) is 18.2 Å². The molecule has 0 aliphatic heterocycles. The van der Waals surface area contributed by atoms with Crippen LogP contribution in [-0.4, -0.2) is 15.6 Å². The van der Waals surface area contributed by atoms with Crippen LogP contribution in [0, 0.1) is 6.92 Å². The van der Waals surface area contributed by atoms with Crippen LogP contribution in [0.4, 0.5) is 0 Å². The SMILES string of the molecule is Cc1ccccc1Cc1ccc(C(=O)O)n1C. The van der Waals surface area contributed by atoms with Gasteiger partial charge in [0.25, 0.3) is 0 Å². The average molecular weight is 229 g/mol. The minimum atomic E-state index is -0.886. The van der Waals surface area contributed by atoms with E-state index in [9.17, 15) is 4.79 Å². The summed E-state index contributed by atoms with van der Waals surface area (Å²) >= 11 is 0. The molecule has 0 unspecified atom stereocenters. The van der Waals surface area contributed by atoms with Crippen molar-refractivity contribution in [2.45, 2.75) is 13.3 Å². The first-order chi connectivity index (χ1) is 8.09. The Morgan fingerprint density at radius 1 is 1.24 bits per heavy atom. The van der Waals surface area contributed by atoms with E-state index in [1.54, 1.807) is 17.7 Å². The van der Waals surface area contributed by atoms with Crippen molar-refractivity contribution < 1.29 is 9.90 Å². The lowest BCUT2D eigenvalue weighted by Gasteiger charge is -2.07. The third-order valence-corrected chi connectivity index (χ3v) is 3.08. The minimum Gasteiger partial charge on any atom is -0.477 e. The molecule has 0 aliphatic carbocycles. The summed E-state index contributed by atoms with van der Waals surface area (Å²) in [7, 11) is 1.79. The molecular formula is C14H15NO2. The third kappa shape index (κ3) is 2.23. The van der Waals surface area contributed by atoms with Crippen LogP contribution in [-0.2, 0) is 13.5 Å². The molecule has 88 valence electrons. The predicted octanol–water partition coefficient (Wildman–Crippen LogP) is 2.62. The summed E-state index contributed by atoms with van der Waals surface area (Å²) in [5, 5.41) is 8.98. The lowest BCUT2D eigenvalue weighted by Crippen LogP contribution is -2.07. The first kappa shape index (κ1) is 11.5. The Hall–Kier alpha value is -2.03. The predicted molar refractivity (Wildman–Crippen MR) is 66.4 cm³/mol. The molecule has 1 N–H and O–H groups in total. The highest BCUT2D eigenvalue weighted by atomic mass is 16.4. The van der Waals surface area contributed by atoms with Gasteiger partial charge < -0.3 is 9.67 Å². The third-order valence-electron chi connectivity index (χ3n) is 3.08. The standard InChI is InChI=1S/C14H15NO2/c1-10-5-3-4-6-11(10)9-12-7-8-13(14(16)17)15(12)2/h3-8H,9H2,1-2H3,(H,16,17). The fourth-order valence-electron chi connectivity index (χ4n) is 1.95. The number of carboxylic acids is 1. The number of nitrogens with zero attached hydrogens (tertiary/aromatic N) is 1. The van der Waals surface area contributed by atoms with Crippen molar-refractivity contribution in [1.29, 1.82) is 0 Å². The van der Waals surface area contributed by atoms with Gasteiger partial charge in [-0.05, 0) is 30.2 Å². The van der Waals surface area contributed by atoms with E-state index >= 15 is 0 Å². The number of hydrogen-bond acceptors (Lipinski definition) is 1. The van der Waals surface area contributed by atoms with Gasteiger partial charge >= 0.3 is 5.97 Å². The molecule has 1 aromatic carbocycles. The summed E-state index contributed by atoms with van der Waals surface area (Å²) < 4.78 is 1.73. The second kappa shape index (κ2) is 4.45. The van der Waals surface area contributed by atoms with Gasteiger partial charge in [0.1, 0.15) is 5.69 Å². The van der Waals surface area contributed by atoms with Gasteiger partial charge in [0.15, 0.2) is 0 Å².